The van der Waals surface area contributed by atoms with E-state index in [1.165, 1.54) is 24.0 Å². The smallest absolute Gasteiger partial charge is 0.337 e. The first-order valence-electron chi connectivity index (χ1n) is 5.21. The lowest BCUT2D eigenvalue weighted by Gasteiger charge is -2.04. The molecule has 0 saturated heterocycles. The van der Waals surface area contributed by atoms with Gasteiger partial charge in [-0.2, -0.15) is 0 Å². The van der Waals surface area contributed by atoms with Crippen molar-refractivity contribution in [2.45, 2.75) is 5.03 Å². The van der Waals surface area contributed by atoms with Crippen LogP contribution < -0.4 is 5.32 Å². The second-order valence-electron chi connectivity index (χ2n) is 3.32. The van der Waals surface area contributed by atoms with Gasteiger partial charge in [-0.25, -0.2) is 9.78 Å². The first kappa shape index (κ1) is 14.5. The molecule has 0 aromatic carbocycles. The summed E-state index contributed by atoms with van der Waals surface area (Å²) in [6.45, 7) is 0.948. The van der Waals surface area contributed by atoms with E-state index in [-0.39, 0.29) is 17.2 Å². The number of hydrogen-bond donors (Lipinski definition) is 2. The normalized spacial score (nSPS) is 10.1. The fourth-order valence-electron chi connectivity index (χ4n) is 1.08. The molecule has 98 valence electrons. The molecular formula is C11H14N2O4S. The van der Waals surface area contributed by atoms with E-state index >= 15 is 0 Å². The van der Waals surface area contributed by atoms with Crippen LogP contribution in [0.1, 0.15) is 10.4 Å². The minimum atomic E-state index is -1.02. The topological polar surface area (TPSA) is 88.5 Å². The number of amides is 1. The van der Waals surface area contributed by atoms with Gasteiger partial charge in [0.2, 0.25) is 5.91 Å². The number of pyridine rings is 1. The van der Waals surface area contributed by atoms with Gasteiger partial charge in [0.1, 0.15) is 0 Å². The van der Waals surface area contributed by atoms with Crippen LogP contribution >= 0.6 is 11.8 Å². The fraction of sp³-hybridized carbons (Fsp3) is 0.364. The molecule has 7 heteroatoms. The summed E-state index contributed by atoms with van der Waals surface area (Å²) in [6, 6.07) is 3.04. The van der Waals surface area contributed by atoms with E-state index in [9.17, 15) is 9.59 Å². The van der Waals surface area contributed by atoms with Crippen molar-refractivity contribution in [2.75, 3.05) is 26.0 Å². The molecule has 2 N–H and O–H groups in total. The quantitative estimate of drug-likeness (QED) is 0.558. The second kappa shape index (κ2) is 7.67. The van der Waals surface area contributed by atoms with Gasteiger partial charge in [-0.05, 0) is 12.1 Å². The molecule has 0 atom stereocenters. The number of aromatic nitrogens is 1. The number of hydrogen-bond acceptors (Lipinski definition) is 5. The molecule has 0 fully saturated rings. The van der Waals surface area contributed by atoms with Crippen LogP contribution in [0.4, 0.5) is 0 Å². The van der Waals surface area contributed by atoms with Crippen molar-refractivity contribution >= 4 is 23.6 Å². The first-order chi connectivity index (χ1) is 8.63. The van der Waals surface area contributed by atoms with Gasteiger partial charge in [-0.1, -0.05) is 11.8 Å². The lowest BCUT2D eigenvalue weighted by atomic mass is 10.3. The average Bonchev–Trinajstić information content (AvgIpc) is 2.37. The van der Waals surface area contributed by atoms with Crippen LogP contribution in [0.15, 0.2) is 23.4 Å². The number of carbonyl (C=O) groups is 2. The third-order valence-corrected chi connectivity index (χ3v) is 2.91. The molecule has 0 radical (unpaired) electrons. The minimum Gasteiger partial charge on any atom is -0.478 e. The maximum atomic E-state index is 11.4. The van der Waals surface area contributed by atoms with E-state index in [0.717, 1.165) is 0 Å². The lowest BCUT2D eigenvalue weighted by Crippen LogP contribution is -2.28. The molecule has 6 nitrogen and oxygen atoms in total. The molecule has 0 saturated carbocycles. The number of carboxylic acid groups (broad SMARTS) is 1. The molecule has 0 spiro atoms. The van der Waals surface area contributed by atoms with Crippen LogP contribution in [0.5, 0.6) is 0 Å². The van der Waals surface area contributed by atoms with Gasteiger partial charge >= 0.3 is 5.97 Å². The Balaban J connectivity index is 2.34. The molecule has 1 aromatic heterocycles. The number of nitrogens with zero attached hydrogens (tertiary/aromatic N) is 1. The highest BCUT2D eigenvalue weighted by atomic mass is 32.2. The molecule has 0 aliphatic heterocycles. The van der Waals surface area contributed by atoms with Crippen molar-refractivity contribution in [3.8, 4) is 0 Å². The van der Waals surface area contributed by atoms with Gasteiger partial charge in [0, 0.05) is 19.9 Å². The Morgan fingerprint density at radius 2 is 2.28 bits per heavy atom. The Labute approximate surface area is 109 Å². The highest BCUT2D eigenvalue weighted by Gasteiger charge is 2.05. The summed E-state index contributed by atoms with van der Waals surface area (Å²) in [7, 11) is 1.56. The van der Waals surface area contributed by atoms with E-state index in [1.807, 2.05) is 0 Å². The van der Waals surface area contributed by atoms with Crippen LogP contribution in [-0.2, 0) is 9.53 Å². The Kier molecular flexibility index (Phi) is 6.16. The minimum absolute atomic E-state index is 0.110. The summed E-state index contributed by atoms with van der Waals surface area (Å²) in [6.07, 6.45) is 1.27. The van der Waals surface area contributed by atoms with E-state index in [4.69, 9.17) is 9.84 Å². The third-order valence-electron chi connectivity index (χ3n) is 1.96. The van der Waals surface area contributed by atoms with Gasteiger partial charge in [-0.3, -0.25) is 4.79 Å². The van der Waals surface area contributed by atoms with Crippen molar-refractivity contribution in [3.63, 3.8) is 0 Å². The SMILES string of the molecule is COCCNC(=O)CSc1ccc(C(=O)O)cn1. The number of methoxy groups -OCH3 is 1. The second-order valence-corrected chi connectivity index (χ2v) is 4.32. The van der Waals surface area contributed by atoms with Crippen LogP contribution in [0.2, 0.25) is 0 Å². The summed E-state index contributed by atoms with van der Waals surface area (Å²) >= 11 is 1.25. The Morgan fingerprint density at radius 3 is 2.83 bits per heavy atom. The summed E-state index contributed by atoms with van der Waals surface area (Å²) in [5.41, 5.74) is 0.129. The Hall–Kier alpha value is -1.60. The van der Waals surface area contributed by atoms with Crippen LogP contribution in [0.3, 0.4) is 0 Å². The zero-order valence-electron chi connectivity index (χ0n) is 9.88. The molecule has 18 heavy (non-hydrogen) atoms. The van der Waals surface area contributed by atoms with Crippen LogP contribution in [-0.4, -0.2) is 48.0 Å². The number of rotatable bonds is 7. The highest BCUT2D eigenvalue weighted by molar-refractivity contribution is 7.99. The van der Waals surface area contributed by atoms with Crippen molar-refractivity contribution in [2.24, 2.45) is 0 Å². The standard InChI is InChI=1S/C11H14N2O4S/c1-17-5-4-12-9(14)7-18-10-3-2-8(6-13-10)11(15)16/h2-3,6H,4-5,7H2,1H3,(H,12,14)(H,15,16). The van der Waals surface area contributed by atoms with Gasteiger partial charge in [0.15, 0.2) is 0 Å². The monoisotopic (exact) mass is 270 g/mol. The number of aromatic carboxylic acids is 1. The lowest BCUT2D eigenvalue weighted by molar-refractivity contribution is -0.118. The fourth-order valence-corrected chi connectivity index (χ4v) is 1.75. The molecule has 1 heterocycles. The molecule has 0 bridgehead atoms. The average molecular weight is 270 g/mol. The van der Waals surface area contributed by atoms with E-state index < -0.39 is 5.97 Å². The van der Waals surface area contributed by atoms with Gasteiger partial charge in [-0.15, -0.1) is 0 Å². The van der Waals surface area contributed by atoms with Crippen molar-refractivity contribution in [1.29, 1.82) is 0 Å². The predicted molar refractivity (Wildman–Crippen MR) is 66.8 cm³/mol. The zero-order chi connectivity index (χ0) is 13.4. The summed E-state index contributed by atoms with van der Waals surface area (Å²) < 4.78 is 4.80. The summed E-state index contributed by atoms with van der Waals surface area (Å²) in [5.74, 6) is -0.888. The van der Waals surface area contributed by atoms with E-state index in [0.29, 0.717) is 18.2 Å². The van der Waals surface area contributed by atoms with Gasteiger partial charge in [0.25, 0.3) is 0 Å². The number of thioether (sulfide) groups is 1. The van der Waals surface area contributed by atoms with E-state index in [1.54, 1.807) is 13.2 Å². The predicted octanol–water partition coefficient (Wildman–Crippen LogP) is 0.634. The zero-order valence-corrected chi connectivity index (χ0v) is 10.7. The van der Waals surface area contributed by atoms with Crippen molar-refractivity contribution in [3.05, 3.63) is 23.9 Å². The first-order valence-corrected chi connectivity index (χ1v) is 6.20. The number of carboxylic acids is 1. The van der Waals surface area contributed by atoms with Gasteiger partial charge < -0.3 is 15.2 Å². The number of carbonyl (C=O) groups excluding carboxylic acids is 1. The maximum Gasteiger partial charge on any atom is 0.337 e. The molecule has 1 aromatic rings. The Bertz CT molecular complexity index is 408. The van der Waals surface area contributed by atoms with Crippen molar-refractivity contribution in [1.82, 2.24) is 10.3 Å². The van der Waals surface area contributed by atoms with Crippen LogP contribution in [0.25, 0.3) is 0 Å². The molecule has 0 unspecified atom stereocenters. The Morgan fingerprint density at radius 1 is 1.50 bits per heavy atom. The summed E-state index contributed by atoms with van der Waals surface area (Å²) in [5, 5.41) is 12.0. The van der Waals surface area contributed by atoms with E-state index in [2.05, 4.69) is 10.3 Å². The van der Waals surface area contributed by atoms with Gasteiger partial charge in [0.05, 0.1) is 22.9 Å². The summed E-state index contributed by atoms with van der Waals surface area (Å²) in [4.78, 5) is 25.9. The molecule has 1 amide bonds. The molecule has 0 aliphatic rings. The largest absolute Gasteiger partial charge is 0.478 e. The number of nitrogens with one attached hydrogen (secondary N) is 1. The molecular weight excluding hydrogens is 256 g/mol. The van der Waals surface area contributed by atoms with Crippen molar-refractivity contribution < 1.29 is 19.4 Å². The molecule has 1 rings (SSSR count). The molecule has 0 aliphatic carbocycles. The maximum absolute atomic E-state index is 11.4. The number of ether oxygens (including phenoxy) is 1. The van der Waals surface area contributed by atoms with Crippen LogP contribution in [0, 0.1) is 0 Å². The third kappa shape index (κ3) is 5.15. The highest BCUT2D eigenvalue weighted by Crippen LogP contribution is 2.14.